The van der Waals surface area contributed by atoms with E-state index in [0.29, 0.717) is 0 Å². The first-order valence-electron chi connectivity index (χ1n) is 19.8. The maximum Gasteiger partial charge on any atom is 0.178 e. The zero-order valence-electron chi connectivity index (χ0n) is 31.0. The van der Waals surface area contributed by atoms with Gasteiger partial charge in [-0.05, 0) is 85.2 Å². The number of hydrogen-bond acceptors (Lipinski definition) is 3. The summed E-state index contributed by atoms with van der Waals surface area (Å²) in [4.78, 5) is 2.18. The van der Waals surface area contributed by atoms with E-state index in [4.69, 9.17) is 9.47 Å². The molecule has 262 valence electrons. The van der Waals surface area contributed by atoms with Crippen LogP contribution < -0.4 is 0 Å². The van der Waals surface area contributed by atoms with E-state index in [1.165, 1.54) is 167 Å². The fourth-order valence-electron chi connectivity index (χ4n) is 5.98. The molecule has 0 amide bonds. The molecule has 0 radical (unpaired) electrons. The molecule has 3 heteroatoms. The summed E-state index contributed by atoms with van der Waals surface area (Å²) in [6.45, 7) is 9.13. The number of nitrogens with zero attached hydrogens (tertiary/aromatic N) is 1. The molecule has 0 aromatic rings. The predicted octanol–water partition coefficient (Wildman–Crippen LogP) is 13.4. The van der Waals surface area contributed by atoms with E-state index in [1.807, 2.05) is 0 Å². The average Bonchev–Trinajstić information content (AvgIpc) is 3.00. The van der Waals surface area contributed by atoms with Crippen LogP contribution >= 0.6 is 0 Å². The van der Waals surface area contributed by atoms with E-state index in [2.05, 4.69) is 64.1 Å². The zero-order valence-corrected chi connectivity index (χ0v) is 31.0. The molecule has 0 heterocycles. The Labute approximate surface area is 278 Å². The van der Waals surface area contributed by atoms with Gasteiger partial charge >= 0.3 is 0 Å². The molecular formula is C41H81NO2. The quantitative estimate of drug-likeness (QED) is 0.0395. The Balaban J connectivity index is 3.67. The van der Waals surface area contributed by atoms with Crippen molar-refractivity contribution < 1.29 is 9.47 Å². The lowest BCUT2D eigenvalue weighted by Gasteiger charge is -2.32. The second kappa shape index (κ2) is 35.2. The summed E-state index contributed by atoms with van der Waals surface area (Å²) in [5.41, 5.74) is 0. The maximum absolute atomic E-state index is 6.31. The summed E-state index contributed by atoms with van der Waals surface area (Å²) in [5.74, 6) is -0.493. The van der Waals surface area contributed by atoms with E-state index in [-0.39, 0.29) is 0 Å². The minimum Gasteiger partial charge on any atom is -0.349 e. The Morgan fingerprint density at radius 2 is 0.682 bits per heavy atom. The predicted molar refractivity (Wildman–Crippen MR) is 198 cm³/mol. The smallest absolute Gasteiger partial charge is 0.178 e. The Kier molecular flexibility index (Phi) is 34.7. The monoisotopic (exact) mass is 620 g/mol. The minimum absolute atomic E-state index is 0.493. The highest BCUT2D eigenvalue weighted by atomic mass is 16.7. The first kappa shape index (κ1) is 43.4. The number of hydrogen-bond donors (Lipinski definition) is 0. The van der Waals surface area contributed by atoms with E-state index in [1.54, 1.807) is 0 Å². The molecule has 0 atom stereocenters. The van der Waals surface area contributed by atoms with Gasteiger partial charge in [-0.15, -0.1) is 0 Å². The normalized spacial score (nSPS) is 12.5. The van der Waals surface area contributed by atoms with Crippen molar-refractivity contribution in [2.75, 3.05) is 33.9 Å². The highest BCUT2D eigenvalue weighted by molar-refractivity contribution is 4.82. The highest BCUT2D eigenvalue weighted by Gasteiger charge is 2.26. The summed E-state index contributed by atoms with van der Waals surface area (Å²) >= 11 is 0. The van der Waals surface area contributed by atoms with Crippen molar-refractivity contribution in [3.05, 3.63) is 24.3 Å². The average molecular weight is 620 g/mol. The summed E-state index contributed by atoms with van der Waals surface area (Å²) in [6.07, 6.45) is 47.1. The number of allylic oxidation sites excluding steroid dienone is 4. The second-order valence-electron chi connectivity index (χ2n) is 13.9. The Hall–Kier alpha value is -0.640. The van der Waals surface area contributed by atoms with Gasteiger partial charge in [-0.3, -0.25) is 0 Å². The van der Waals surface area contributed by atoms with Gasteiger partial charge in [0.25, 0.3) is 0 Å². The Bertz CT molecular complexity index is 555. The van der Waals surface area contributed by atoms with Crippen molar-refractivity contribution in [3.8, 4) is 0 Å². The van der Waals surface area contributed by atoms with Crippen LogP contribution in [0.3, 0.4) is 0 Å². The van der Waals surface area contributed by atoms with E-state index in [0.717, 1.165) is 32.6 Å². The second-order valence-corrected chi connectivity index (χ2v) is 13.9. The molecule has 0 aliphatic rings. The number of unbranched alkanes of at least 4 members (excludes halogenated alkanes) is 24. The third-order valence-electron chi connectivity index (χ3n) is 8.73. The maximum atomic E-state index is 6.31. The van der Waals surface area contributed by atoms with Gasteiger partial charge in [-0.25, -0.2) is 0 Å². The number of rotatable bonds is 36. The molecule has 0 saturated carbocycles. The van der Waals surface area contributed by atoms with Crippen LogP contribution in [-0.4, -0.2) is 44.5 Å². The van der Waals surface area contributed by atoms with Gasteiger partial charge < -0.3 is 14.4 Å². The first-order valence-corrected chi connectivity index (χ1v) is 19.8. The first-order chi connectivity index (χ1) is 21.5. The summed E-state index contributed by atoms with van der Waals surface area (Å²) in [5, 5.41) is 0. The Morgan fingerprint density at radius 1 is 0.409 bits per heavy atom. The lowest BCUT2D eigenvalue weighted by molar-refractivity contribution is -0.232. The lowest BCUT2D eigenvalue weighted by Crippen LogP contribution is -2.43. The van der Waals surface area contributed by atoms with Crippen LogP contribution in [-0.2, 0) is 9.47 Å². The van der Waals surface area contributed by atoms with Gasteiger partial charge in [0.2, 0.25) is 0 Å². The summed E-state index contributed by atoms with van der Waals surface area (Å²) in [7, 11) is 4.22. The highest BCUT2D eigenvalue weighted by Crippen LogP contribution is 2.18. The fraction of sp³-hybridized carbons (Fsp3) is 0.902. The molecule has 0 bridgehead atoms. The summed E-state index contributed by atoms with van der Waals surface area (Å²) < 4.78 is 12.6. The van der Waals surface area contributed by atoms with Crippen molar-refractivity contribution in [2.45, 2.75) is 206 Å². The molecule has 3 nitrogen and oxygen atoms in total. The van der Waals surface area contributed by atoms with Crippen LogP contribution in [0.5, 0.6) is 0 Å². The molecule has 0 aliphatic heterocycles. The number of ether oxygens (including phenoxy) is 2. The van der Waals surface area contributed by atoms with Crippen molar-refractivity contribution in [1.82, 2.24) is 4.90 Å². The lowest BCUT2D eigenvalue weighted by atomic mass is 10.1. The SMILES string of the molecule is CCCCCCCC/C=C\CCCCCCCCOC(C)(CN(C)C)OCCCCCCCC/C=C\CCCCCCCC. The van der Waals surface area contributed by atoms with Crippen LogP contribution in [0.1, 0.15) is 201 Å². The molecule has 0 unspecified atom stereocenters. The standard InChI is InChI=1S/C41H81NO2/c1-6-8-10-12-14-16-18-20-22-24-26-28-30-32-34-36-38-43-41(3,40-42(4)5)44-39-37-35-33-31-29-27-25-23-21-19-17-15-13-11-9-7-2/h20-23H,6-19,24-40H2,1-5H3/b22-20-,23-21-. The molecule has 44 heavy (non-hydrogen) atoms. The fourth-order valence-corrected chi connectivity index (χ4v) is 5.98. The van der Waals surface area contributed by atoms with E-state index >= 15 is 0 Å². The van der Waals surface area contributed by atoms with Crippen molar-refractivity contribution in [1.29, 1.82) is 0 Å². The van der Waals surface area contributed by atoms with Gasteiger partial charge in [0.15, 0.2) is 5.79 Å². The largest absolute Gasteiger partial charge is 0.349 e. The summed E-state index contributed by atoms with van der Waals surface area (Å²) in [6, 6.07) is 0. The molecular weight excluding hydrogens is 538 g/mol. The third-order valence-corrected chi connectivity index (χ3v) is 8.73. The molecule has 0 rings (SSSR count). The van der Waals surface area contributed by atoms with Crippen LogP contribution in [0, 0.1) is 0 Å². The minimum atomic E-state index is -0.493. The molecule has 0 aromatic carbocycles. The van der Waals surface area contributed by atoms with Gasteiger partial charge in [0.05, 0.1) is 19.8 Å². The van der Waals surface area contributed by atoms with Crippen LogP contribution in [0.2, 0.25) is 0 Å². The molecule has 0 spiro atoms. The van der Waals surface area contributed by atoms with Gasteiger partial charge in [0, 0.05) is 0 Å². The topological polar surface area (TPSA) is 21.7 Å². The molecule has 0 fully saturated rings. The van der Waals surface area contributed by atoms with Gasteiger partial charge in [-0.2, -0.15) is 0 Å². The molecule has 0 aromatic heterocycles. The third kappa shape index (κ3) is 34.2. The van der Waals surface area contributed by atoms with Crippen LogP contribution in [0.25, 0.3) is 0 Å². The van der Waals surface area contributed by atoms with Crippen molar-refractivity contribution in [2.24, 2.45) is 0 Å². The van der Waals surface area contributed by atoms with Crippen molar-refractivity contribution in [3.63, 3.8) is 0 Å². The molecule has 0 N–H and O–H groups in total. The van der Waals surface area contributed by atoms with Crippen LogP contribution in [0.15, 0.2) is 24.3 Å². The van der Waals surface area contributed by atoms with Crippen LogP contribution in [0.4, 0.5) is 0 Å². The van der Waals surface area contributed by atoms with Gasteiger partial charge in [0.1, 0.15) is 0 Å². The van der Waals surface area contributed by atoms with Crippen molar-refractivity contribution >= 4 is 0 Å². The number of likely N-dealkylation sites (N-methyl/N-ethyl adjacent to an activating group) is 1. The van der Waals surface area contributed by atoms with E-state index in [9.17, 15) is 0 Å². The van der Waals surface area contributed by atoms with Gasteiger partial charge in [-0.1, -0.05) is 154 Å². The molecule has 0 aliphatic carbocycles. The zero-order chi connectivity index (χ0) is 32.2. The van der Waals surface area contributed by atoms with E-state index < -0.39 is 5.79 Å². The Morgan fingerprint density at radius 3 is 0.977 bits per heavy atom. The molecule has 0 saturated heterocycles.